The second kappa shape index (κ2) is 7.52. The lowest BCUT2D eigenvalue weighted by atomic mass is 10.1. The molecule has 0 aliphatic heterocycles. The monoisotopic (exact) mass is 308 g/mol. The maximum absolute atomic E-state index is 11.6. The van der Waals surface area contributed by atoms with Crippen molar-refractivity contribution in [2.24, 2.45) is 0 Å². The van der Waals surface area contributed by atoms with E-state index in [0.717, 1.165) is 5.56 Å². The molecule has 0 spiro atoms. The first-order valence-electron chi connectivity index (χ1n) is 6.67. The van der Waals surface area contributed by atoms with Gasteiger partial charge in [0.25, 0.3) is 5.69 Å². The normalized spacial score (nSPS) is 10.2. The van der Waals surface area contributed by atoms with Gasteiger partial charge in [-0.2, -0.15) is 5.26 Å². The Morgan fingerprint density at radius 2 is 2.00 bits per heavy atom. The predicted octanol–water partition coefficient (Wildman–Crippen LogP) is 3.22. The summed E-state index contributed by atoms with van der Waals surface area (Å²) in [5.41, 5.74) is 1.79. The number of nitro groups is 1. The van der Waals surface area contributed by atoms with E-state index >= 15 is 0 Å². The maximum atomic E-state index is 11.6. The van der Waals surface area contributed by atoms with Crippen molar-refractivity contribution >= 4 is 17.7 Å². The molecule has 114 valence electrons. The number of rotatable bonds is 5. The Morgan fingerprint density at radius 3 is 2.65 bits per heavy atom. The van der Waals surface area contributed by atoms with Gasteiger partial charge in [-0.05, 0) is 29.3 Å². The van der Waals surface area contributed by atoms with Crippen LogP contribution >= 0.6 is 0 Å². The number of carbonyl (C=O) groups excluding carboxylic acids is 1. The molecule has 2 aromatic rings. The molecule has 0 aromatic heterocycles. The Bertz CT molecular complexity index is 789. The average Bonchev–Trinajstić information content (AvgIpc) is 2.58. The fourth-order valence-corrected chi connectivity index (χ4v) is 1.78. The van der Waals surface area contributed by atoms with Crippen molar-refractivity contribution < 1.29 is 14.5 Å². The largest absolute Gasteiger partial charge is 0.458 e. The molecule has 0 aliphatic carbocycles. The summed E-state index contributed by atoms with van der Waals surface area (Å²) in [4.78, 5) is 21.8. The summed E-state index contributed by atoms with van der Waals surface area (Å²) < 4.78 is 5.06. The SMILES string of the molecule is N#Cc1ccc(COC(=O)C=Cc2cccc([N+](=O)[O-])c2)cc1. The van der Waals surface area contributed by atoms with Gasteiger partial charge in [-0.1, -0.05) is 24.3 Å². The molecule has 6 nitrogen and oxygen atoms in total. The molecule has 0 amide bonds. The Balaban J connectivity index is 1.92. The summed E-state index contributed by atoms with van der Waals surface area (Å²) in [5.74, 6) is -0.555. The molecular weight excluding hydrogens is 296 g/mol. The van der Waals surface area contributed by atoms with Crippen LogP contribution in [0.5, 0.6) is 0 Å². The summed E-state index contributed by atoms with van der Waals surface area (Å²) in [5, 5.41) is 19.4. The highest BCUT2D eigenvalue weighted by Crippen LogP contribution is 2.14. The molecule has 0 unspecified atom stereocenters. The molecule has 0 N–H and O–H groups in total. The van der Waals surface area contributed by atoms with E-state index in [1.165, 1.54) is 24.3 Å². The molecule has 0 atom stereocenters. The van der Waals surface area contributed by atoms with E-state index in [0.29, 0.717) is 11.1 Å². The number of nitrogens with zero attached hydrogens (tertiary/aromatic N) is 2. The van der Waals surface area contributed by atoms with Crippen molar-refractivity contribution in [2.75, 3.05) is 0 Å². The summed E-state index contributed by atoms with van der Waals surface area (Å²) in [6.45, 7) is 0.0871. The van der Waals surface area contributed by atoms with Crippen LogP contribution in [-0.4, -0.2) is 10.9 Å². The number of non-ortho nitro benzene ring substituents is 1. The average molecular weight is 308 g/mol. The van der Waals surface area contributed by atoms with Crippen molar-refractivity contribution in [3.05, 3.63) is 81.4 Å². The minimum atomic E-state index is -0.555. The Hall–Kier alpha value is -3.46. The second-order valence-corrected chi connectivity index (χ2v) is 4.60. The lowest BCUT2D eigenvalue weighted by Crippen LogP contribution is -2.00. The van der Waals surface area contributed by atoms with E-state index in [2.05, 4.69) is 0 Å². The Labute approximate surface area is 132 Å². The van der Waals surface area contributed by atoms with E-state index in [1.54, 1.807) is 36.4 Å². The fraction of sp³-hybridized carbons (Fsp3) is 0.0588. The predicted molar refractivity (Wildman–Crippen MR) is 83.1 cm³/mol. The third-order valence-electron chi connectivity index (χ3n) is 2.96. The molecule has 0 saturated carbocycles. The van der Waals surface area contributed by atoms with Crippen molar-refractivity contribution in [3.63, 3.8) is 0 Å². The van der Waals surface area contributed by atoms with E-state index in [-0.39, 0.29) is 12.3 Å². The van der Waals surface area contributed by atoms with E-state index in [1.807, 2.05) is 6.07 Å². The molecule has 0 bridgehead atoms. The number of nitriles is 1. The van der Waals surface area contributed by atoms with Crippen molar-refractivity contribution in [1.82, 2.24) is 0 Å². The molecule has 6 heteroatoms. The Morgan fingerprint density at radius 1 is 1.26 bits per heavy atom. The highest BCUT2D eigenvalue weighted by molar-refractivity contribution is 5.87. The molecule has 23 heavy (non-hydrogen) atoms. The van der Waals surface area contributed by atoms with Gasteiger partial charge in [-0.25, -0.2) is 4.79 Å². The van der Waals surface area contributed by atoms with Crippen LogP contribution < -0.4 is 0 Å². The maximum Gasteiger partial charge on any atom is 0.331 e. The highest BCUT2D eigenvalue weighted by Gasteiger charge is 2.04. The van der Waals surface area contributed by atoms with Crippen LogP contribution in [0.4, 0.5) is 5.69 Å². The third kappa shape index (κ3) is 4.79. The first-order valence-corrected chi connectivity index (χ1v) is 6.67. The molecule has 2 rings (SSSR count). The third-order valence-corrected chi connectivity index (χ3v) is 2.96. The van der Waals surface area contributed by atoms with Gasteiger partial charge in [0.15, 0.2) is 0 Å². The first-order chi connectivity index (χ1) is 11.1. The fourth-order valence-electron chi connectivity index (χ4n) is 1.78. The number of esters is 1. The topological polar surface area (TPSA) is 93.2 Å². The molecule has 0 radical (unpaired) electrons. The molecule has 0 fully saturated rings. The minimum absolute atomic E-state index is 0.0434. The number of nitro benzene ring substituents is 1. The number of ether oxygens (including phenoxy) is 1. The smallest absolute Gasteiger partial charge is 0.331 e. The van der Waals surface area contributed by atoms with Crippen molar-refractivity contribution in [1.29, 1.82) is 5.26 Å². The minimum Gasteiger partial charge on any atom is -0.458 e. The van der Waals surface area contributed by atoms with Gasteiger partial charge in [0.05, 0.1) is 16.6 Å². The zero-order chi connectivity index (χ0) is 16.7. The van der Waals surface area contributed by atoms with Crippen LogP contribution in [0, 0.1) is 21.4 Å². The second-order valence-electron chi connectivity index (χ2n) is 4.60. The van der Waals surface area contributed by atoms with Gasteiger partial charge in [0.2, 0.25) is 0 Å². The molecule has 2 aromatic carbocycles. The number of carbonyl (C=O) groups is 1. The van der Waals surface area contributed by atoms with E-state index in [4.69, 9.17) is 10.00 Å². The van der Waals surface area contributed by atoms with Crippen LogP contribution in [0.2, 0.25) is 0 Å². The van der Waals surface area contributed by atoms with Gasteiger partial charge >= 0.3 is 5.97 Å². The van der Waals surface area contributed by atoms with Crippen LogP contribution in [0.15, 0.2) is 54.6 Å². The summed E-state index contributed by atoms with van der Waals surface area (Å²) in [7, 11) is 0. The Kier molecular flexibility index (Phi) is 5.21. The summed E-state index contributed by atoms with van der Waals surface area (Å²) in [6.07, 6.45) is 2.66. The number of hydrogen-bond donors (Lipinski definition) is 0. The zero-order valence-electron chi connectivity index (χ0n) is 12.0. The van der Waals surface area contributed by atoms with Gasteiger partial charge in [-0.15, -0.1) is 0 Å². The summed E-state index contributed by atoms with van der Waals surface area (Å²) >= 11 is 0. The molecule has 0 heterocycles. The van der Waals surface area contributed by atoms with E-state index in [9.17, 15) is 14.9 Å². The number of hydrogen-bond acceptors (Lipinski definition) is 5. The first kappa shape index (κ1) is 15.9. The van der Waals surface area contributed by atoms with Crippen LogP contribution in [0.1, 0.15) is 16.7 Å². The van der Waals surface area contributed by atoms with Crippen LogP contribution in [0.25, 0.3) is 6.08 Å². The standard InChI is InChI=1S/C17H12N2O4/c18-11-14-4-6-15(7-5-14)12-23-17(20)9-8-13-2-1-3-16(10-13)19(21)22/h1-10H,12H2. The van der Waals surface area contributed by atoms with Gasteiger partial charge in [0.1, 0.15) is 6.61 Å². The highest BCUT2D eigenvalue weighted by atomic mass is 16.6. The lowest BCUT2D eigenvalue weighted by Gasteiger charge is -2.02. The van der Waals surface area contributed by atoms with E-state index < -0.39 is 10.9 Å². The van der Waals surface area contributed by atoms with Gasteiger partial charge in [-0.3, -0.25) is 10.1 Å². The van der Waals surface area contributed by atoms with Crippen molar-refractivity contribution in [3.8, 4) is 6.07 Å². The number of benzene rings is 2. The zero-order valence-corrected chi connectivity index (χ0v) is 12.0. The van der Waals surface area contributed by atoms with Crippen molar-refractivity contribution in [2.45, 2.75) is 6.61 Å². The molecule has 0 saturated heterocycles. The molecular formula is C17H12N2O4. The van der Waals surface area contributed by atoms with Gasteiger partial charge < -0.3 is 4.74 Å². The van der Waals surface area contributed by atoms with Crippen LogP contribution in [-0.2, 0) is 16.1 Å². The van der Waals surface area contributed by atoms with Gasteiger partial charge in [0, 0.05) is 18.2 Å². The summed E-state index contributed by atoms with van der Waals surface area (Å²) in [6, 6.07) is 14.6. The van der Waals surface area contributed by atoms with Crippen LogP contribution in [0.3, 0.4) is 0 Å². The quantitative estimate of drug-likeness (QED) is 0.366. The lowest BCUT2D eigenvalue weighted by molar-refractivity contribution is -0.384. The molecule has 0 aliphatic rings.